The van der Waals surface area contributed by atoms with Crippen LogP contribution in [0, 0.1) is 0 Å². The van der Waals surface area contributed by atoms with Gasteiger partial charge in [0.2, 0.25) is 0 Å². The summed E-state index contributed by atoms with van der Waals surface area (Å²) >= 11 is 5.76. The molecule has 1 aliphatic rings. The number of aromatic nitrogens is 1. The standard InChI is InChI=1S/C10H13ClN2O2S/c1-10(5-6-16(14,15)7-10)13-9-4-2-3-8(11)12-9/h2-4H,5-7H2,1H3,(H,12,13). The number of halogens is 1. The van der Waals surface area contributed by atoms with Crippen LogP contribution in [0.2, 0.25) is 5.15 Å². The Labute approximate surface area is 99.9 Å². The van der Waals surface area contributed by atoms with Gasteiger partial charge in [-0.15, -0.1) is 0 Å². The Morgan fingerprint density at radius 1 is 1.50 bits per heavy atom. The average molecular weight is 261 g/mol. The summed E-state index contributed by atoms with van der Waals surface area (Å²) in [5.74, 6) is 0.998. The lowest BCUT2D eigenvalue weighted by Gasteiger charge is -2.24. The third-order valence-electron chi connectivity index (χ3n) is 2.65. The second-order valence-corrected chi connectivity index (χ2v) is 6.94. The first-order valence-corrected chi connectivity index (χ1v) is 7.20. The van der Waals surface area contributed by atoms with Crippen molar-refractivity contribution in [2.24, 2.45) is 0 Å². The van der Waals surface area contributed by atoms with Crippen molar-refractivity contribution in [3.05, 3.63) is 23.4 Å². The lowest BCUT2D eigenvalue weighted by Crippen LogP contribution is -2.36. The molecule has 0 amide bonds. The molecule has 0 bridgehead atoms. The molecule has 1 saturated heterocycles. The molecule has 0 aliphatic carbocycles. The fourth-order valence-electron chi connectivity index (χ4n) is 1.90. The van der Waals surface area contributed by atoms with E-state index in [4.69, 9.17) is 11.6 Å². The summed E-state index contributed by atoms with van der Waals surface area (Å²) < 4.78 is 22.8. The largest absolute Gasteiger partial charge is 0.364 e. The summed E-state index contributed by atoms with van der Waals surface area (Å²) in [6.07, 6.45) is 0.601. The van der Waals surface area contributed by atoms with E-state index in [1.54, 1.807) is 18.2 Å². The van der Waals surface area contributed by atoms with Gasteiger partial charge in [-0.3, -0.25) is 0 Å². The Hall–Kier alpha value is -0.810. The number of nitrogens with one attached hydrogen (secondary N) is 1. The summed E-state index contributed by atoms with van der Waals surface area (Å²) in [6.45, 7) is 1.89. The summed E-state index contributed by atoms with van der Waals surface area (Å²) in [5, 5.41) is 3.54. The number of rotatable bonds is 2. The van der Waals surface area contributed by atoms with Crippen molar-refractivity contribution in [3.63, 3.8) is 0 Å². The molecule has 88 valence electrons. The highest BCUT2D eigenvalue weighted by Gasteiger charge is 2.38. The van der Waals surface area contributed by atoms with E-state index in [2.05, 4.69) is 10.3 Å². The van der Waals surface area contributed by atoms with Crippen LogP contribution in [0.1, 0.15) is 13.3 Å². The molecule has 0 saturated carbocycles. The number of sulfone groups is 1. The van der Waals surface area contributed by atoms with Gasteiger partial charge in [-0.1, -0.05) is 17.7 Å². The lowest BCUT2D eigenvalue weighted by molar-refractivity contribution is 0.572. The molecule has 0 radical (unpaired) electrons. The Morgan fingerprint density at radius 3 is 2.81 bits per heavy atom. The van der Waals surface area contributed by atoms with Crippen molar-refractivity contribution < 1.29 is 8.42 Å². The van der Waals surface area contributed by atoms with Crippen LogP contribution in [-0.2, 0) is 9.84 Å². The van der Waals surface area contributed by atoms with E-state index in [0.717, 1.165) is 0 Å². The predicted octanol–water partition coefficient (Wildman–Crippen LogP) is 1.72. The number of anilines is 1. The normalized spacial score (nSPS) is 27.9. The molecule has 1 fully saturated rings. The molecule has 2 heterocycles. The van der Waals surface area contributed by atoms with Crippen LogP contribution in [0.5, 0.6) is 0 Å². The van der Waals surface area contributed by atoms with Gasteiger partial charge in [0.1, 0.15) is 11.0 Å². The van der Waals surface area contributed by atoms with Gasteiger partial charge >= 0.3 is 0 Å². The molecule has 0 aromatic carbocycles. The smallest absolute Gasteiger partial charge is 0.152 e. The highest BCUT2D eigenvalue weighted by Crippen LogP contribution is 2.26. The Kier molecular flexibility index (Phi) is 2.84. The van der Waals surface area contributed by atoms with E-state index in [1.807, 2.05) is 6.92 Å². The quantitative estimate of drug-likeness (QED) is 0.823. The molecule has 1 aromatic heterocycles. The van der Waals surface area contributed by atoms with Crippen LogP contribution in [-0.4, -0.2) is 30.4 Å². The van der Waals surface area contributed by atoms with Crippen molar-refractivity contribution in [3.8, 4) is 0 Å². The molecule has 1 aliphatic heterocycles. The van der Waals surface area contributed by atoms with Crippen molar-refractivity contribution in [1.29, 1.82) is 0 Å². The van der Waals surface area contributed by atoms with E-state index < -0.39 is 15.4 Å². The van der Waals surface area contributed by atoms with Gasteiger partial charge in [-0.05, 0) is 25.5 Å². The third kappa shape index (κ3) is 2.65. The van der Waals surface area contributed by atoms with E-state index in [-0.39, 0.29) is 11.5 Å². The van der Waals surface area contributed by atoms with Crippen LogP contribution in [0.25, 0.3) is 0 Å². The minimum absolute atomic E-state index is 0.147. The summed E-state index contributed by atoms with van der Waals surface area (Å²) in [6, 6.07) is 5.24. The fourth-order valence-corrected chi connectivity index (χ4v) is 4.15. The average Bonchev–Trinajstić information content (AvgIpc) is 2.40. The minimum Gasteiger partial charge on any atom is -0.364 e. The van der Waals surface area contributed by atoms with Crippen molar-refractivity contribution in [2.45, 2.75) is 18.9 Å². The minimum atomic E-state index is -2.91. The van der Waals surface area contributed by atoms with Crippen LogP contribution in [0.15, 0.2) is 18.2 Å². The second-order valence-electron chi connectivity index (χ2n) is 4.37. The molecular formula is C10H13ClN2O2S. The highest BCUT2D eigenvalue weighted by molar-refractivity contribution is 7.91. The zero-order chi connectivity index (χ0) is 11.8. The van der Waals surface area contributed by atoms with E-state index in [1.165, 1.54) is 0 Å². The maximum atomic E-state index is 11.4. The van der Waals surface area contributed by atoms with Crippen LogP contribution >= 0.6 is 11.6 Å². The van der Waals surface area contributed by atoms with Crippen molar-refractivity contribution in [1.82, 2.24) is 4.98 Å². The first-order valence-electron chi connectivity index (χ1n) is 5.00. The molecule has 0 spiro atoms. The fraction of sp³-hybridized carbons (Fsp3) is 0.500. The summed E-state index contributed by atoms with van der Waals surface area (Å²) in [4.78, 5) is 4.09. The Morgan fingerprint density at radius 2 is 2.25 bits per heavy atom. The SMILES string of the molecule is CC1(Nc2cccc(Cl)n2)CCS(=O)(=O)C1. The molecule has 6 heteroatoms. The van der Waals surface area contributed by atoms with Crippen molar-refractivity contribution in [2.75, 3.05) is 16.8 Å². The van der Waals surface area contributed by atoms with Gasteiger partial charge in [0.15, 0.2) is 9.84 Å². The van der Waals surface area contributed by atoms with Gasteiger partial charge < -0.3 is 5.32 Å². The molecule has 16 heavy (non-hydrogen) atoms. The van der Waals surface area contributed by atoms with Crippen molar-refractivity contribution >= 4 is 27.3 Å². The Bertz CT molecular complexity index is 503. The van der Waals surface area contributed by atoms with E-state index in [0.29, 0.717) is 17.4 Å². The maximum Gasteiger partial charge on any atom is 0.152 e. The number of hydrogen-bond donors (Lipinski definition) is 1. The Balaban J connectivity index is 2.16. The molecule has 1 atom stereocenters. The highest BCUT2D eigenvalue weighted by atomic mass is 35.5. The lowest BCUT2D eigenvalue weighted by atomic mass is 10.0. The first kappa shape index (κ1) is 11.7. The summed E-state index contributed by atoms with van der Waals surface area (Å²) in [5.41, 5.74) is -0.434. The van der Waals surface area contributed by atoms with Gasteiger partial charge in [-0.25, -0.2) is 13.4 Å². The molecule has 4 nitrogen and oxygen atoms in total. The zero-order valence-electron chi connectivity index (χ0n) is 8.90. The number of pyridine rings is 1. The topological polar surface area (TPSA) is 59.1 Å². The summed E-state index contributed by atoms with van der Waals surface area (Å²) in [7, 11) is -2.91. The molecule has 1 aromatic rings. The zero-order valence-corrected chi connectivity index (χ0v) is 10.5. The monoisotopic (exact) mass is 260 g/mol. The number of hydrogen-bond acceptors (Lipinski definition) is 4. The van der Waals surface area contributed by atoms with Crippen LogP contribution in [0.3, 0.4) is 0 Å². The molecule has 1 N–H and O–H groups in total. The van der Waals surface area contributed by atoms with Gasteiger partial charge in [0.05, 0.1) is 17.0 Å². The van der Waals surface area contributed by atoms with Crippen LogP contribution < -0.4 is 5.32 Å². The van der Waals surface area contributed by atoms with E-state index in [9.17, 15) is 8.42 Å². The first-order chi connectivity index (χ1) is 7.39. The number of nitrogens with zero attached hydrogens (tertiary/aromatic N) is 1. The van der Waals surface area contributed by atoms with E-state index >= 15 is 0 Å². The van der Waals surface area contributed by atoms with Crippen LogP contribution in [0.4, 0.5) is 5.82 Å². The predicted molar refractivity (Wildman–Crippen MR) is 64.5 cm³/mol. The van der Waals surface area contributed by atoms with Gasteiger partial charge in [0.25, 0.3) is 0 Å². The maximum absolute atomic E-state index is 11.4. The van der Waals surface area contributed by atoms with Gasteiger partial charge in [0, 0.05) is 0 Å². The van der Waals surface area contributed by atoms with Gasteiger partial charge in [-0.2, -0.15) is 0 Å². The molecule has 2 rings (SSSR count). The second kappa shape index (κ2) is 3.89. The molecule has 1 unspecified atom stereocenters. The third-order valence-corrected chi connectivity index (χ3v) is 4.76. The molecular weight excluding hydrogens is 248 g/mol.